The van der Waals surface area contributed by atoms with Gasteiger partial charge in [0.1, 0.15) is 5.82 Å². The minimum atomic E-state index is -0.560. The summed E-state index contributed by atoms with van der Waals surface area (Å²) in [5.74, 6) is -0.891. The number of amides is 1. The van der Waals surface area contributed by atoms with Gasteiger partial charge in [-0.2, -0.15) is 0 Å². The molecule has 0 aliphatic heterocycles. The SMILES string of the molecule is NC(=O)c1cncc2c1[nH]c1ccc(F)cc12. The monoisotopic (exact) mass is 229 g/mol. The number of nitrogens with two attached hydrogens (primary N) is 1. The first-order chi connectivity index (χ1) is 8.16. The van der Waals surface area contributed by atoms with E-state index in [1.165, 1.54) is 18.3 Å². The minimum absolute atomic E-state index is 0.305. The van der Waals surface area contributed by atoms with Crippen LogP contribution in [-0.4, -0.2) is 15.9 Å². The predicted octanol–water partition coefficient (Wildman–Crippen LogP) is 1.95. The van der Waals surface area contributed by atoms with Crippen molar-refractivity contribution in [2.75, 3.05) is 0 Å². The van der Waals surface area contributed by atoms with Gasteiger partial charge in [0.2, 0.25) is 0 Å². The molecule has 0 spiro atoms. The van der Waals surface area contributed by atoms with Gasteiger partial charge in [-0.15, -0.1) is 0 Å². The normalized spacial score (nSPS) is 11.1. The van der Waals surface area contributed by atoms with Crippen LogP contribution in [0.25, 0.3) is 21.8 Å². The lowest BCUT2D eigenvalue weighted by molar-refractivity contribution is 0.100. The van der Waals surface area contributed by atoms with E-state index in [0.29, 0.717) is 21.9 Å². The number of pyridine rings is 1. The Hall–Kier alpha value is -2.43. The molecular weight excluding hydrogens is 221 g/mol. The highest BCUT2D eigenvalue weighted by molar-refractivity contribution is 6.14. The van der Waals surface area contributed by atoms with E-state index in [0.717, 1.165) is 5.52 Å². The molecule has 0 saturated carbocycles. The first kappa shape index (κ1) is 9.77. The van der Waals surface area contributed by atoms with E-state index in [4.69, 9.17) is 5.73 Å². The molecule has 0 bridgehead atoms. The van der Waals surface area contributed by atoms with Gasteiger partial charge in [0.15, 0.2) is 0 Å². The number of H-pyrrole nitrogens is 1. The molecule has 4 nitrogen and oxygen atoms in total. The van der Waals surface area contributed by atoms with Crippen LogP contribution < -0.4 is 5.73 Å². The number of nitrogens with zero attached hydrogens (tertiary/aromatic N) is 1. The Morgan fingerprint density at radius 2 is 2.12 bits per heavy atom. The standard InChI is InChI=1S/C12H8FN3O/c13-6-1-2-10-7(3-6)8-4-15-5-9(12(14)17)11(8)16-10/h1-5,16H,(H2,14,17). The zero-order valence-electron chi connectivity index (χ0n) is 8.70. The summed E-state index contributed by atoms with van der Waals surface area (Å²) in [7, 11) is 0. The van der Waals surface area contributed by atoms with Crippen molar-refractivity contribution >= 4 is 27.7 Å². The molecule has 5 heteroatoms. The maximum absolute atomic E-state index is 13.2. The van der Waals surface area contributed by atoms with Crippen molar-refractivity contribution in [3.63, 3.8) is 0 Å². The molecule has 1 aromatic carbocycles. The predicted molar refractivity (Wildman–Crippen MR) is 62.1 cm³/mol. The molecule has 1 amide bonds. The number of hydrogen-bond acceptors (Lipinski definition) is 2. The fraction of sp³-hybridized carbons (Fsp3) is 0. The molecule has 0 atom stereocenters. The topological polar surface area (TPSA) is 71.8 Å². The van der Waals surface area contributed by atoms with Crippen LogP contribution in [-0.2, 0) is 0 Å². The van der Waals surface area contributed by atoms with E-state index < -0.39 is 5.91 Å². The minimum Gasteiger partial charge on any atom is -0.365 e. The molecule has 2 heterocycles. The highest BCUT2D eigenvalue weighted by Gasteiger charge is 2.12. The van der Waals surface area contributed by atoms with Crippen molar-refractivity contribution in [3.8, 4) is 0 Å². The zero-order chi connectivity index (χ0) is 12.0. The van der Waals surface area contributed by atoms with Crippen LogP contribution in [0.5, 0.6) is 0 Å². The summed E-state index contributed by atoms with van der Waals surface area (Å²) in [4.78, 5) is 18.2. The fourth-order valence-corrected chi connectivity index (χ4v) is 1.97. The lowest BCUT2D eigenvalue weighted by atomic mass is 10.1. The summed E-state index contributed by atoms with van der Waals surface area (Å²) < 4.78 is 13.2. The first-order valence-corrected chi connectivity index (χ1v) is 5.01. The van der Waals surface area contributed by atoms with Gasteiger partial charge in [0, 0.05) is 28.7 Å². The van der Waals surface area contributed by atoms with Gasteiger partial charge >= 0.3 is 0 Å². The number of aromatic nitrogens is 2. The molecule has 0 unspecified atom stereocenters. The van der Waals surface area contributed by atoms with Crippen LogP contribution in [0.15, 0.2) is 30.6 Å². The van der Waals surface area contributed by atoms with E-state index in [1.54, 1.807) is 12.3 Å². The molecule has 17 heavy (non-hydrogen) atoms. The van der Waals surface area contributed by atoms with Crippen LogP contribution in [0.2, 0.25) is 0 Å². The number of benzene rings is 1. The fourth-order valence-electron chi connectivity index (χ4n) is 1.97. The van der Waals surface area contributed by atoms with E-state index >= 15 is 0 Å². The number of hydrogen-bond donors (Lipinski definition) is 2. The Morgan fingerprint density at radius 1 is 1.29 bits per heavy atom. The van der Waals surface area contributed by atoms with E-state index in [1.807, 2.05) is 0 Å². The van der Waals surface area contributed by atoms with Crippen molar-refractivity contribution in [2.45, 2.75) is 0 Å². The first-order valence-electron chi connectivity index (χ1n) is 5.01. The molecule has 2 aromatic heterocycles. The van der Waals surface area contributed by atoms with E-state index in [9.17, 15) is 9.18 Å². The Balaban J connectivity index is 2.51. The van der Waals surface area contributed by atoms with Crippen LogP contribution >= 0.6 is 0 Å². The van der Waals surface area contributed by atoms with Crippen molar-refractivity contribution in [3.05, 3.63) is 42.0 Å². The molecular formula is C12H8FN3O. The second kappa shape index (κ2) is 3.28. The summed E-state index contributed by atoms with van der Waals surface area (Å²) in [6, 6.07) is 4.38. The van der Waals surface area contributed by atoms with Gasteiger partial charge in [-0.25, -0.2) is 4.39 Å². The molecule has 3 aromatic rings. The van der Waals surface area contributed by atoms with Gasteiger partial charge < -0.3 is 10.7 Å². The number of primary amides is 1. The molecule has 0 aliphatic carbocycles. The number of halogens is 1. The van der Waals surface area contributed by atoms with E-state index in [-0.39, 0.29) is 5.82 Å². The Labute approximate surface area is 95.3 Å². The molecule has 0 fully saturated rings. The zero-order valence-corrected chi connectivity index (χ0v) is 8.70. The Bertz CT molecular complexity index is 748. The van der Waals surface area contributed by atoms with Gasteiger partial charge in [-0.3, -0.25) is 9.78 Å². The summed E-state index contributed by atoms with van der Waals surface area (Å²) in [5, 5.41) is 1.38. The lowest BCUT2D eigenvalue weighted by Gasteiger charge is -1.96. The molecule has 84 valence electrons. The van der Waals surface area contributed by atoms with Gasteiger partial charge in [0.05, 0.1) is 11.1 Å². The maximum atomic E-state index is 13.2. The van der Waals surface area contributed by atoms with Gasteiger partial charge in [-0.05, 0) is 18.2 Å². The van der Waals surface area contributed by atoms with Crippen molar-refractivity contribution in [1.82, 2.24) is 9.97 Å². The summed E-state index contributed by atoms with van der Waals surface area (Å²) >= 11 is 0. The quantitative estimate of drug-likeness (QED) is 0.669. The summed E-state index contributed by atoms with van der Waals surface area (Å²) in [6.45, 7) is 0. The Morgan fingerprint density at radius 3 is 2.88 bits per heavy atom. The van der Waals surface area contributed by atoms with Crippen LogP contribution in [0.4, 0.5) is 4.39 Å². The number of rotatable bonds is 1. The number of nitrogens with one attached hydrogen (secondary N) is 1. The van der Waals surface area contributed by atoms with Gasteiger partial charge in [-0.1, -0.05) is 0 Å². The largest absolute Gasteiger partial charge is 0.365 e. The molecule has 0 aliphatic rings. The number of aromatic amines is 1. The smallest absolute Gasteiger partial charge is 0.252 e. The molecule has 3 N–H and O–H groups in total. The highest BCUT2D eigenvalue weighted by Crippen LogP contribution is 2.27. The second-order valence-corrected chi connectivity index (χ2v) is 3.79. The summed E-state index contributed by atoms with van der Waals surface area (Å²) in [5.41, 5.74) is 6.90. The molecule has 3 rings (SSSR count). The molecule has 0 radical (unpaired) electrons. The van der Waals surface area contributed by atoms with E-state index in [2.05, 4.69) is 9.97 Å². The maximum Gasteiger partial charge on any atom is 0.252 e. The average Bonchev–Trinajstić information content (AvgIpc) is 2.66. The third-order valence-corrected chi connectivity index (χ3v) is 2.74. The third-order valence-electron chi connectivity index (χ3n) is 2.74. The highest BCUT2D eigenvalue weighted by atomic mass is 19.1. The van der Waals surface area contributed by atoms with Crippen molar-refractivity contribution in [2.24, 2.45) is 5.73 Å². The van der Waals surface area contributed by atoms with Crippen molar-refractivity contribution < 1.29 is 9.18 Å². The number of carbonyl (C=O) groups excluding carboxylic acids is 1. The van der Waals surface area contributed by atoms with Crippen LogP contribution in [0, 0.1) is 5.82 Å². The lowest BCUT2D eigenvalue weighted by Crippen LogP contribution is -2.11. The Kier molecular flexibility index (Phi) is 1.89. The van der Waals surface area contributed by atoms with Crippen molar-refractivity contribution in [1.29, 1.82) is 0 Å². The molecule has 0 saturated heterocycles. The third kappa shape index (κ3) is 1.36. The average molecular weight is 229 g/mol. The number of carbonyl (C=O) groups is 1. The number of fused-ring (bicyclic) bond motifs is 3. The summed E-state index contributed by atoms with van der Waals surface area (Å²) in [6.07, 6.45) is 2.98. The van der Waals surface area contributed by atoms with Crippen LogP contribution in [0.1, 0.15) is 10.4 Å². The van der Waals surface area contributed by atoms with Crippen LogP contribution in [0.3, 0.4) is 0 Å². The van der Waals surface area contributed by atoms with Gasteiger partial charge in [0.25, 0.3) is 5.91 Å². The second-order valence-electron chi connectivity index (χ2n) is 3.79.